The summed E-state index contributed by atoms with van der Waals surface area (Å²) in [6.45, 7) is 1.69. The lowest BCUT2D eigenvalue weighted by molar-refractivity contribution is 0.484. The third kappa shape index (κ3) is 4.66. The summed E-state index contributed by atoms with van der Waals surface area (Å²) >= 11 is 0. The summed E-state index contributed by atoms with van der Waals surface area (Å²) in [5.41, 5.74) is 2.51. The van der Waals surface area contributed by atoms with Gasteiger partial charge < -0.3 is 9.88 Å². The molecule has 0 amide bonds. The molecule has 0 spiro atoms. The van der Waals surface area contributed by atoms with Gasteiger partial charge in [-0.1, -0.05) is 72.8 Å². The van der Waals surface area contributed by atoms with Crippen molar-refractivity contribution in [2.45, 2.75) is 12.6 Å². The number of hydrogen-bond donors (Lipinski definition) is 1. The zero-order valence-corrected chi connectivity index (χ0v) is 13.0. The maximum Gasteiger partial charge on any atom is 0.0946 e. The Kier molecular flexibility index (Phi) is 5.38. The van der Waals surface area contributed by atoms with Crippen LogP contribution in [0.4, 0.5) is 0 Å². The molecule has 116 valence electrons. The molecule has 1 heterocycles. The Morgan fingerprint density at radius 2 is 1.74 bits per heavy atom. The monoisotopic (exact) mass is 303 g/mol. The quantitative estimate of drug-likeness (QED) is 0.717. The smallest absolute Gasteiger partial charge is 0.0946 e. The van der Waals surface area contributed by atoms with Gasteiger partial charge in [-0.2, -0.15) is 0 Å². The van der Waals surface area contributed by atoms with Gasteiger partial charge in [-0.3, -0.25) is 0 Å². The maximum absolute atomic E-state index is 4.13. The highest BCUT2D eigenvalue weighted by Gasteiger charge is 2.10. The van der Waals surface area contributed by atoms with E-state index in [9.17, 15) is 0 Å². The first-order valence-corrected chi connectivity index (χ1v) is 7.87. The summed E-state index contributed by atoms with van der Waals surface area (Å²) in [5.74, 6) is 0. The number of aromatic nitrogens is 2. The molecule has 0 aliphatic rings. The average Bonchev–Trinajstić information content (AvgIpc) is 3.12. The number of hydrogen-bond acceptors (Lipinski definition) is 2. The molecule has 23 heavy (non-hydrogen) atoms. The van der Waals surface area contributed by atoms with E-state index >= 15 is 0 Å². The van der Waals surface area contributed by atoms with Gasteiger partial charge in [0.2, 0.25) is 0 Å². The van der Waals surface area contributed by atoms with E-state index in [1.807, 2.05) is 30.9 Å². The molecular weight excluding hydrogens is 282 g/mol. The third-order valence-corrected chi connectivity index (χ3v) is 3.75. The number of nitrogens with zero attached hydrogens (tertiary/aromatic N) is 2. The van der Waals surface area contributed by atoms with Crippen molar-refractivity contribution in [3.8, 4) is 0 Å². The number of imidazole rings is 1. The molecule has 0 aliphatic heterocycles. The standard InChI is InChI=1S/C20H21N3/c1-3-8-18(9-4-1)10-7-13-22-20(16-23-15-14-21-17-23)19-11-5-2-6-12-19/h1-12,14-15,17,20,22H,13,16H2/b10-7+. The van der Waals surface area contributed by atoms with Gasteiger partial charge in [0.25, 0.3) is 0 Å². The topological polar surface area (TPSA) is 29.9 Å². The largest absolute Gasteiger partial charge is 0.336 e. The predicted molar refractivity (Wildman–Crippen MR) is 94.9 cm³/mol. The van der Waals surface area contributed by atoms with Crippen molar-refractivity contribution in [2.24, 2.45) is 0 Å². The lowest BCUT2D eigenvalue weighted by Crippen LogP contribution is -2.25. The van der Waals surface area contributed by atoms with Gasteiger partial charge in [-0.25, -0.2) is 4.98 Å². The molecule has 1 aromatic heterocycles. The fourth-order valence-electron chi connectivity index (χ4n) is 2.55. The minimum atomic E-state index is 0.255. The molecule has 1 atom stereocenters. The fourth-order valence-corrected chi connectivity index (χ4v) is 2.55. The summed E-state index contributed by atoms with van der Waals surface area (Å²) in [7, 11) is 0. The van der Waals surface area contributed by atoms with Crippen LogP contribution in [-0.4, -0.2) is 16.1 Å². The van der Waals surface area contributed by atoms with E-state index in [0.29, 0.717) is 0 Å². The molecule has 1 N–H and O–H groups in total. The summed E-state index contributed by atoms with van der Waals surface area (Å²) in [5, 5.41) is 3.61. The molecular formula is C20H21N3. The van der Waals surface area contributed by atoms with Gasteiger partial charge >= 0.3 is 0 Å². The second kappa shape index (κ2) is 8.11. The Balaban J connectivity index is 1.63. The average molecular weight is 303 g/mol. The van der Waals surface area contributed by atoms with Crippen LogP contribution < -0.4 is 5.32 Å². The van der Waals surface area contributed by atoms with Gasteiger partial charge in [-0.15, -0.1) is 0 Å². The van der Waals surface area contributed by atoms with Crippen LogP contribution in [0.2, 0.25) is 0 Å². The second-order valence-electron chi connectivity index (χ2n) is 5.44. The highest BCUT2D eigenvalue weighted by Crippen LogP contribution is 2.14. The van der Waals surface area contributed by atoms with Crippen molar-refractivity contribution in [3.63, 3.8) is 0 Å². The van der Waals surface area contributed by atoms with Crippen LogP contribution in [0.1, 0.15) is 17.2 Å². The zero-order chi connectivity index (χ0) is 15.7. The second-order valence-corrected chi connectivity index (χ2v) is 5.44. The third-order valence-electron chi connectivity index (χ3n) is 3.75. The molecule has 3 rings (SSSR count). The molecule has 3 heteroatoms. The van der Waals surface area contributed by atoms with Crippen LogP contribution in [0.3, 0.4) is 0 Å². The first-order chi connectivity index (χ1) is 11.4. The van der Waals surface area contributed by atoms with E-state index in [2.05, 4.69) is 75.6 Å². The SMILES string of the molecule is C(=C\c1ccccc1)/CNC(Cn1ccnc1)c1ccccc1. The summed E-state index contributed by atoms with van der Waals surface area (Å²) in [6, 6.07) is 21.1. The molecule has 3 aromatic rings. The molecule has 2 aromatic carbocycles. The van der Waals surface area contributed by atoms with Gasteiger partial charge in [0.15, 0.2) is 0 Å². The summed E-state index contributed by atoms with van der Waals surface area (Å²) in [4.78, 5) is 4.13. The van der Waals surface area contributed by atoms with Crippen molar-refractivity contribution in [2.75, 3.05) is 6.54 Å². The van der Waals surface area contributed by atoms with Crippen LogP contribution >= 0.6 is 0 Å². The summed E-state index contributed by atoms with van der Waals surface area (Å²) in [6.07, 6.45) is 9.98. The molecule has 1 unspecified atom stereocenters. The molecule has 0 saturated heterocycles. The number of rotatable bonds is 7. The van der Waals surface area contributed by atoms with Gasteiger partial charge in [0, 0.05) is 25.5 Å². The van der Waals surface area contributed by atoms with E-state index in [1.165, 1.54) is 11.1 Å². The van der Waals surface area contributed by atoms with Crippen molar-refractivity contribution in [3.05, 3.63) is 96.6 Å². The van der Waals surface area contributed by atoms with Gasteiger partial charge in [0.05, 0.1) is 12.4 Å². The van der Waals surface area contributed by atoms with Crippen LogP contribution in [0.15, 0.2) is 85.5 Å². The molecule has 0 bridgehead atoms. The molecule has 0 saturated carbocycles. The maximum atomic E-state index is 4.13. The van der Waals surface area contributed by atoms with Crippen LogP contribution in [0.5, 0.6) is 0 Å². The van der Waals surface area contributed by atoms with Gasteiger partial charge in [0.1, 0.15) is 0 Å². The van der Waals surface area contributed by atoms with Crippen LogP contribution in [0, 0.1) is 0 Å². The van der Waals surface area contributed by atoms with E-state index in [1.54, 1.807) is 0 Å². The zero-order valence-electron chi connectivity index (χ0n) is 13.0. The highest BCUT2D eigenvalue weighted by molar-refractivity contribution is 5.48. The van der Waals surface area contributed by atoms with E-state index in [4.69, 9.17) is 0 Å². The lowest BCUT2D eigenvalue weighted by atomic mass is 10.1. The molecule has 0 fully saturated rings. The Bertz CT molecular complexity index is 703. The molecule has 0 radical (unpaired) electrons. The van der Waals surface area contributed by atoms with E-state index in [0.717, 1.165) is 13.1 Å². The fraction of sp³-hybridized carbons (Fsp3) is 0.150. The van der Waals surface area contributed by atoms with Crippen molar-refractivity contribution in [1.82, 2.24) is 14.9 Å². The Hall–Kier alpha value is -2.65. The Morgan fingerprint density at radius 1 is 1.00 bits per heavy atom. The normalized spacial score (nSPS) is 12.5. The van der Waals surface area contributed by atoms with Crippen molar-refractivity contribution >= 4 is 6.08 Å². The minimum Gasteiger partial charge on any atom is -0.336 e. The number of benzene rings is 2. The minimum absolute atomic E-state index is 0.255. The first-order valence-electron chi connectivity index (χ1n) is 7.87. The van der Waals surface area contributed by atoms with Gasteiger partial charge in [-0.05, 0) is 11.1 Å². The van der Waals surface area contributed by atoms with E-state index < -0.39 is 0 Å². The van der Waals surface area contributed by atoms with E-state index in [-0.39, 0.29) is 6.04 Å². The highest BCUT2D eigenvalue weighted by atomic mass is 15.1. The number of nitrogens with one attached hydrogen (secondary N) is 1. The predicted octanol–water partition coefficient (Wildman–Crippen LogP) is 3.93. The van der Waals surface area contributed by atoms with Crippen LogP contribution in [-0.2, 0) is 6.54 Å². The molecule has 3 nitrogen and oxygen atoms in total. The Labute approximate surface area is 137 Å². The summed E-state index contributed by atoms with van der Waals surface area (Å²) < 4.78 is 2.10. The van der Waals surface area contributed by atoms with Crippen molar-refractivity contribution < 1.29 is 0 Å². The van der Waals surface area contributed by atoms with Crippen LogP contribution in [0.25, 0.3) is 6.08 Å². The first kappa shape index (κ1) is 15.3. The lowest BCUT2D eigenvalue weighted by Gasteiger charge is -2.19. The van der Waals surface area contributed by atoms with Crippen molar-refractivity contribution in [1.29, 1.82) is 0 Å². The Morgan fingerprint density at radius 3 is 2.43 bits per heavy atom. The molecule has 0 aliphatic carbocycles.